The highest BCUT2D eigenvalue weighted by molar-refractivity contribution is 5.79. The molecule has 0 saturated carbocycles. The quantitative estimate of drug-likeness (QED) is 0.814. The summed E-state index contributed by atoms with van der Waals surface area (Å²) in [6.45, 7) is 2.11. The number of hydrogen-bond acceptors (Lipinski definition) is 4. The number of amides is 1. The van der Waals surface area contributed by atoms with Gasteiger partial charge in [-0.05, 0) is 30.7 Å². The first-order chi connectivity index (χ1) is 8.81. The molecule has 0 spiro atoms. The first kappa shape index (κ1) is 11.3. The second-order valence-corrected chi connectivity index (χ2v) is 4.62. The molecule has 1 atom stereocenters. The van der Waals surface area contributed by atoms with Crippen LogP contribution in [0.25, 0.3) is 0 Å². The van der Waals surface area contributed by atoms with E-state index in [1.807, 2.05) is 18.2 Å². The summed E-state index contributed by atoms with van der Waals surface area (Å²) >= 11 is 0. The van der Waals surface area contributed by atoms with Gasteiger partial charge in [-0.3, -0.25) is 4.79 Å². The predicted octanol–water partition coefficient (Wildman–Crippen LogP) is 0.436. The molecule has 2 heterocycles. The largest absolute Gasteiger partial charge is 0.454 e. The number of carbonyl (C=O) groups excluding carboxylic acids is 1. The maximum absolute atomic E-state index is 11.9. The Hall–Kier alpha value is -1.75. The fourth-order valence-corrected chi connectivity index (χ4v) is 2.29. The van der Waals surface area contributed by atoms with Gasteiger partial charge in [0.1, 0.15) is 0 Å². The van der Waals surface area contributed by atoms with Crippen molar-refractivity contribution in [1.82, 2.24) is 10.6 Å². The van der Waals surface area contributed by atoms with E-state index in [2.05, 4.69) is 10.6 Å². The van der Waals surface area contributed by atoms with Crippen molar-refractivity contribution in [2.75, 3.05) is 19.9 Å². The minimum Gasteiger partial charge on any atom is -0.454 e. The van der Waals surface area contributed by atoms with Crippen molar-refractivity contribution in [2.45, 2.75) is 18.9 Å². The zero-order chi connectivity index (χ0) is 12.4. The van der Waals surface area contributed by atoms with Crippen LogP contribution in [0.2, 0.25) is 0 Å². The Balaban J connectivity index is 1.60. The fourth-order valence-electron chi connectivity index (χ4n) is 2.29. The van der Waals surface area contributed by atoms with E-state index in [0.717, 1.165) is 36.6 Å². The van der Waals surface area contributed by atoms with Crippen LogP contribution >= 0.6 is 0 Å². The van der Waals surface area contributed by atoms with Crippen LogP contribution in [0, 0.1) is 0 Å². The number of carbonyl (C=O) groups is 1. The van der Waals surface area contributed by atoms with Gasteiger partial charge < -0.3 is 20.1 Å². The van der Waals surface area contributed by atoms with Gasteiger partial charge in [-0.1, -0.05) is 6.07 Å². The van der Waals surface area contributed by atoms with Gasteiger partial charge >= 0.3 is 0 Å². The third-order valence-corrected chi connectivity index (χ3v) is 3.23. The molecule has 3 rings (SSSR count). The van der Waals surface area contributed by atoms with Crippen LogP contribution in [0.1, 0.15) is 12.0 Å². The molecule has 0 radical (unpaired) electrons. The van der Waals surface area contributed by atoms with Crippen LogP contribution in [-0.2, 0) is 11.2 Å². The van der Waals surface area contributed by atoms with Crippen molar-refractivity contribution in [3.8, 4) is 11.5 Å². The van der Waals surface area contributed by atoms with E-state index in [1.165, 1.54) is 0 Å². The van der Waals surface area contributed by atoms with Gasteiger partial charge in [0.05, 0.1) is 6.42 Å². The molecule has 1 saturated heterocycles. The average molecular weight is 248 g/mol. The topological polar surface area (TPSA) is 59.6 Å². The molecule has 1 unspecified atom stereocenters. The van der Waals surface area contributed by atoms with Crippen molar-refractivity contribution in [3.05, 3.63) is 23.8 Å². The summed E-state index contributed by atoms with van der Waals surface area (Å²) in [6.07, 6.45) is 1.39. The van der Waals surface area contributed by atoms with Crippen LogP contribution in [0.5, 0.6) is 11.5 Å². The molecule has 1 fully saturated rings. The van der Waals surface area contributed by atoms with E-state index in [9.17, 15) is 4.79 Å². The third-order valence-electron chi connectivity index (χ3n) is 3.23. The Labute approximate surface area is 105 Å². The molecule has 18 heavy (non-hydrogen) atoms. The van der Waals surface area contributed by atoms with Gasteiger partial charge in [0, 0.05) is 12.6 Å². The van der Waals surface area contributed by atoms with Gasteiger partial charge in [-0.2, -0.15) is 0 Å². The van der Waals surface area contributed by atoms with Crippen LogP contribution in [0.15, 0.2) is 18.2 Å². The highest BCUT2D eigenvalue weighted by Gasteiger charge is 2.18. The monoisotopic (exact) mass is 248 g/mol. The fraction of sp³-hybridized carbons (Fsp3) is 0.462. The SMILES string of the molecule is O=C(Cc1ccc2c(c1)OCO2)NC1CCNC1. The van der Waals surface area contributed by atoms with Crippen molar-refractivity contribution >= 4 is 5.91 Å². The number of rotatable bonds is 3. The normalized spacial score (nSPS) is 21.0. The van der Waals surface area contributed by atoms with Crippen molar-refractivity contribution in [1.29, 1.82) is 0 Å². The predicted molar refractivity (Wildman–Crippen MR) is 65.7 cm³/mol. The van der Waals surface area contributed by atoms with Gasteiger partial charge in [-0.15, -0.1) is 0 Å². The van der Waals surface area contributed by atoms with Crippen LogP contribution in [0.4, 0.5) is 0 Å². The summed E-state index contributed by atoms with van der Waals surface area (Å²) in [5, 5.41) is 6.25. The summed E-state index contributed by atoms with van der Waals surface area (Å²) in [7, 11) is 0. The number of hydrogen-bond donors (Lipinski definition) is 2. The maximum atomic E-state index is 11.9. The second kappa shape index (κ2) is 4.86. The number of fused-ring (bicyclic) bond motifs is 1. The van der Waals surface area contributed by atoms with Gasteiger partial charge in [0.25, 0.3) is 0 Å². The molecule has 2 aliphatic rings. The third kappa shape index (κ3) is 2.41. The Morgan fingerprint density at radius 2 is 2.28 bits per heavy atom. The summed E-state index contributed by atoms with van der Waals surface area (Å²) in [5.74, 6) is 1.53. The van der Waals surface area contributed by atoms with Gasteiger partial charge in [-0.25, -0.2) is 0 Å². The van der Waals surface area contributed by atoms with Crippen LogP contribution < -0.4 is 20.1 Å². The lowest BCUT2D eigenvalue weighted by Gasteiger charge is -2.11. The van der Waals surface area contributed by atoms with Crippen LogP contribution in [-0.4, -0.2) is 31.8 Å². The van der Waals surface area contributed by atoms with E-state index in [0.29, 0.717) is 6.42 Å². The minimum absolute atomic E-state index is 0.0579. The molecule has 1 amide bonds. The van der Waals surface area contributed by atoms with Crippen molar-refractivity contribution in [2.24, 2.45) is 0 Å². The average Bonchev–Trinajstić information content (AvgIpc) is 2.98. The minimum atomic E-state index is 0.0579. The Bertz CT molecular complexity index is 456. The standard InChI is InChI=1S/C13H16N2O3/c16-13(15-10-3-4-14-7-10)6-9-1-2-11-12(5-9)18-8-17-11/h1-2,5,10,14H,3-4,6-8H2,(H,15,16). The first-order valence-electron chi connectivity index (χ1n) is 6.20. The van der Waals surface area contributed by atoms with E-state index in [1.54, 1.807) is 0 Å². The number of benzene rings is 1. The number of nitrogens with one attached hydrogen (secondary N) is 2. The van der Waals surface area contributed by atoms with Gasteiger partial charge in [0.15, 0.2) is 11.5 Å². The lowest BCUT2D eigenvalue weighted by molar-refractivity contribution is -0.121. The van der Waals surface area contributed by atoms with Crippen molar-refractivity contribution < 1.29 is 14.3 Å². The zero-order valence-electron chi connectivity index (χ0n) is 10.1. The molecular weight excluding hydrogens is 232 g/mol. The molecule has 0 aliphatic carbocycles. The van der Waals surface area contributed by atoms with E-state index >= 15 is 0 Å². The molecular formula is C13H16N2O3. The molecule has 0 aromatic heterocycles. The Kier molecular flexibility index (Phi) is 3.06. The van der Waals surface area contributed by atoms with Crippen molar-refractivity contribution in [3.63, 3.8) is 0 Å². The molecule has 5 nitrogen and oxygen atoms in total. The molecule has 5 heteroatoms. The highest BCUT2D eigenvalue weighted by Crippen LogP contribution is 2.32. The highest BCUT2D eigenvalue weighted by atomic mass is 16.7. The Morgan fingerprint density at radius 1 is 1.39 bits per heavy atom. The Morgan fingerprint density at radius 3 is 3.11 bits per heavy atom. The summed E-state index contributed by atoms with van der Waals surface area (Å²) < 4.78 is 10.5. The molecule has 1 aromatic carbocycles. The summed E-state index contributed by atoms with van der Waals surface area (Å²) in [4.78, 5) is 11.9. The molecule has 1 aromatic rings. The first-order valence-corrected chi connectivity index (χ1v) is 6.20. The smallest absolute Gasteiger partial charge is 0.231 e. The van der Waals surface area contributed by atoms with E-state index in [4.69, 9.17) is 9.47 Å². The lowest BCUT2D eigenvalue weighted by Crippen LogP contribution is -2.37. The molecule has 2 aliphatic heterocycles. The molecule has 0 bridgehead atoms. The maximum Gasteiger partial charge on any atom is 0.231 e. The second-order valence-electron chi connectivity index (χ2n) is 4.62. The zero-order valence-corrected chi connectivity index (χ0v) is 10.1. The molecule has 96 valence electrons. The number of ether oxygens (including phenoxy) is 2. The lowest BCUT2D eigenvalue weighted by atomic mass is 10.1. The van der Waals surface area contributed by atoms with Gasteiger partial charge in [0.2, 0.25) is 12.7 Å². The molecule has 2 N–H and O–H groups in total. The van der Waals surface area contributed by atoms with E-state index < -0.39 is 0 Å². The van der Waals surface area contributed by atoms with E-state index in [-0.39, 0.29) is 18.7 Å². The summed E-state index contributed by atoms with van der Waals surface area (Å²) in [5.41, 5.74) is 0.947. The van der Waals surface area contributed by atoms with Crippen LogP contribution in [0.3, 0.4) is 0 Å². The summed E-state index contributed by atoms with van der Waals surface area (Å²) in [6, 6.07) is 5.89.